The van der Waals surface area contributed by atoms with Gasteiger partial charge in [-0.1, -0.05) is 48.5 Å². The third-order valence-corrected chi connectivity index (χ3v) is 6.37. The Morgan fingerprint density at radius 2 is 1.69 bits per heavy atom. The van der Waals surface area contributed by atoms with Crippen LogP contribution in [-0.4, -0.2) is 12.6 Å². The van der Waals surface area contributed by atoms with Crippen LogP contribution < -0.4 is 9.47 Å². The van der Waals surface area contributed by atoms with Gasteiger partial charge in [-0.3, -0.25) is 4.79 Å². The lowest BCUT2D eigenvalue weighted by Crippen LogP contribution is -2.22. The van der Waals surface area contributed by atoms with Crippen LogP contribution in [0, 0.1) is 13.8 Å². The average Bonchev–Trinajstić information content (AvgIpc) is 3.41. The van der Waals surface area contributed by atoms with Crippen LogP contribution in [-0.2, 0) is 16.6 Å². The van der Waals surface area contributed by atoms with Gasteiger partial charge in [-0.25, -0.2) is 0 Å². The van der Waals surface area contributed by atoms with Crippen LogP contribution in [0.2, 0.25) is 0 Å². The van der Waals surface area contributed by atoms with E-state index in [1.165, 1.54) is 16.7 Å². The van der Waals surface area contributed by atoms with Crippen molar-refractivity contribution in [3.8, 4) is 22.6 Å². The van der Waals surface area contributed by atoms with Crippen LogP contribution in [0.3, 0.4) is 0 Å². The molecule has 29 heavy (non-hydrogen) atoms. The lowest BCUT2D eigenvalue weighted by molar-refractivity contribution is -0.120. The number of aryl methyl sites for hydroxylation is 2. The SMILES string of the molecule is Cc1ccc(-c2ccccc2C)cc1CC(=O)C1(c2ccc3c(c2)OCO3)CC1. The maximum atomic E-state index is 13.4. The van der Waals surface area contributed by atoms with Gasteiger partial charge in [0.2, 0.25) is 6.79 Å². The molecule has 0 saturated heterocycles. The van der Waals surface area contributed by atoms with Gasteiger partial charge < -0.3 is 9.47 Å². The number of ether oxygens (including phenoxy) is 2. The summed E-state index contributed by atoms with van der Waals surface area (Å²) in [6.45, 7) is 4.47. The van der Waals surface area contributed by atoms with Crippen LogP contribution in [0.15, 0.2) is 60.7 Å². The number of carbonyl (C=O) groups is 1. The molecule has 1 fully saturated rings. The second-order valence-electron chi connectivity index (χ2n) is 8.21. The molecule has 0 N–H and O–H groups in total. The van der Waals surface area contributed by atoms with Gasteiger partial charge in [-0.15, -0.1) is 0 Å². The third-order valence-electron chi connectivity index (χ3n) is 6.37. The summed E-state index contributed by atoms with van der Waals surface area (Å²) in [4.78, 5) is 13.4. The largest absolute Gasteiger partial charge is 0.454 e. The van der Waals surface area contributed by atoms with Gasteiger partial charge in [-0.05, 0) is 72.2 Å². The average molecular weight is 384 g/mol. The number of carbonyl (C=O) groups excluding carboxylic acids is 1. The molecule has 1 aliphatic heterocycles. The Labute approximate surface area is 171 Å². The second kappa shape index (κ2) is 6.77. The first-order valence-corrected chi connectivity index (χ1v) is 10.2. The highest BCUT2D eigenvalue weighted by Crippen LogP contribution is 2.51. The van der Waals surface area contributed by atoms with Crippen molar-refractivity contribution in [2.75, 3.05) is 6.79 Å². The molecule has 0 spiro atoms. The molecule has 0 bridgehead atoms. The Morgan fingerprint density at radius 3 is 2.48 bits per heavy atom. The molecule has 2 aliphatic rings. The number of benzene rings is 3. The predicted molar refractivity (Wildman–Crippen MR) is 114 cm³/mol. The number of fused-ring (bicyclic) bond motifs is 1. The Hall–Kier alpha value is -3.07. The van der Waals surface area contributed by atoms with Gasteiger partial charge in [0.15, 0.2) is 11.5 Å². The molecule has 0 aromatic heterocycles. The van der Waals surface area contributed by atoms with Gasteiger partial charge in [0.25, 0.3) is 0 Å². The Balaban J connectivity index is 1.44. The molecule has 0 amide bonds. The van der Waals surface area contributed by atoms with E-state index in [1.54, 1.807) is 0 Å². The van der Waals surface area contributed by atoms with Crippen LogP contribution in [0.4, 0.5) is 0 Å². The predicted octanol–water partition coefficient (Wildman–Crippen LogP) is 5.54. The fourth-order valence-corrected chi connectivity index (χ4v) is 4.32. The highest BCUT2D eigenvalue weighted by molar-refractivity contribution is 5.95. The second-order valence-corrected chi connectivity index (χ2v) is 8.21. The molecule has 0 atom stereocenters. The summed E-state index contributed by atoms with van der Waals surface area (Å²) in [5, 5.41) is 0. The zero-order valence-electron chi connectivity index (χ0n) is 16.8. The maximum Gasteiger partial charge on any atom is 0.231 e. The molecule has 5 rings (SSSR count). The summed E-state index contributed by atoms with van der Waals surface area (Å²) in [6, 6.07) is 20.8. The molecule has 0 unspecified atom stereocenters. The highest BCUT2D eigenvalue weighted by Gasteiger charge is 2.50. The molecule has 3 nitrogen and oxygen atoms in total. The van der Waals surface area contributed by atoms with Gasteiger partial charge in [0.1, 0.15) is 5.78 Å². The molecule has 3 aromatic carbocycles. The number of hydrogen-bond acceptors (Lipinski definition) is 3. The van der Waals surface area contributed by atoms with E-state index < -0.39 is 0 Å². The molecule has 1 saturated carbocycles. The first-order chi connectivity index (χ1) is 14.1. The van der Waals surface area contributed by atoms with Crippen LogP contribution in [0.25, 0.3) is 11.1 Å². The minimum absolute atomic E-state index is 0.255. The molecule has 0 radical (unpaired) electrons. The first kappa shape index (κ1) is 18.0. The zero-order chi connectivity index (χ0) is 20.0. The van der Waals surface area contributed by atoms with Crippen molar-refractivity contribution in [1.29, 1.82) is 0 Å². The lowest BCUT2D eigenvalue weighted by Gasteiger charge is -2.17. The minimum atomic E-state index is -0.369. The topological polar surface area (TPSA) is 35.5 Å². The van der Waals surface area contributed by atoms with Crippen molar-refractivity contribution >= 4 is 5.78 Å². The summed E-state index contributed by atoms with van der Waals surface area (Å²) in [5.41, 5.74) is 6.60. The molecule has 3 aromatic rings. The number of hydrogen-bond donors (Lipinski definition) is 0. The molecule has 146 valence electrons. The highest BCUT2D eigenvalue weighted by atomic mass is 16.7. The quantitative estimate of drug-likeness (QED) is 0.579. The summed E-state index contributed by atoms with van der Waals surface area (Å²) >= 11 is 0. The summed E-state index contributed by atoms with van der Waals surface area (Å²) < 4.78 is 10.9. The van der Waals surface area contributed by atoms with E-state index in [2.05, 4.69) is 56.3 Å². The first-order valence-electron chi connectivity index (χ1n) is 10.2. The Kier molecular flexibility index (Phi) is 4.20. The number of ketones is 1. The normalized spacial score (nSPS) is 15.9. The summed E-state index contributed by atoms with van der Waals surface area (Å²) in [7, 11) is 0. The fraction of sp³-hybridized carbons (Fsp3) is 0.269. The van der Waals surface area contributed by atoms with Crippen molar-refractivity contribution in [2.45, 2.75) is 38.5 Å². The van der Waals surface area contributed by atoms with Gasteiger partial charge in [-0.2, -0.15) is 0 Å². The van der Waals surface area contributed by atoms with Crippen LogP contribution in [0.5, 0.6) is 11.5 Å². The van der Waals surface area contributed by atoms with Crippen LogP contribution in [0.1, 0.15) is 35.1 Å². The molecule has 3 heteroatoms. The third kappa shape index (κ3) is 3.11. The van der Waals surface area contributed by atoms with Crippen molar-refractivity contribution in [2.24, 2.45) is 0 Å². The number of rotatable bonds is 5. The Bertz CT molecular complexity index is 1110. The number of Topliss-reactive ketones (excluding diaryl/α,β-unsaturated/α-hetero) is 1. The van der Waals surface area contributed by atoms with E-state index in [0.29, 0.717) is 12.2 Å². The maximum absolute atomic E-state index is 13.4. The van der Waals surface area contributed by atoms with E-state index in [0.717, 1.165) is 41.0 Å². The van der Waals surface area contributed by atoms with Gasteiger partial charge in [0, 0.05) is 6.42 Å². The van der Waals surface area contributed by atoms with Gasteiger partial charge >= 0.3 is 0 Å². The zero-order valence-corrected chi connectivity index (χ0v) is 16.8. The van der Waals surface area contributed by atoms with Gasteiger partial charge in [0.05, 0.1) is 5.41 Å². The molecular formula is C26H24O3. The van der Waals surface area contributed by atoms with Crippen molar-refractivity contribution in [1.82, 2.24) is 0 Å². The molecular weight excluding hydrogens is 360 g/mol. The smallest absolute Gasteiger partial charge is 0.231 e. The van der Waals surface area contributed by atoms with Crippen molar-refractivity contribution in [3.63, 3.8) is 0 Å². The van der Waals surface area contributed by atoms with E-state index in [-0.39, 0.29) is 12.2 Å². The van der Waals surface area contributed by atoms with E-state index >= 15 is 0 Å². The van der Waals surface area contributed by atoms with E-state index in [1.807, 2.05) is 18.2 Å². The summed E-state index contributed by atoms with van der Waals surface area (Å²) in [6.07, 6.45) is 2.27. The Morgan fingerprint density at radius 1 is 0.897 bits per heavy atom. The van der Waals surface area contributed by atoms with Crippen molar-refractivity contribution in [3.05, 3.63) is 82.9 Å². The monoisotopic (exact) mass is 384 g/mol. The summed E-state index contributed by atoms with van der Waals surface area (Å²) in [5.74, 6) is 1.81. The van der Waals surface area contributed by atoms with Crippen molar-refractivity contribution < 1.29 is 14.3 Å². The van der Waals surface area contributed by atoms with E-state index in [4.69, 9.17) is 9.47 Å². The minimum Gasteiger partial charge on any atom is -0.454 e. The molecule has 1 heterocycles. The van der Waals surface area contributed by atoms with E-state index in [9.17, 15) is 4.79 Å². The van der Waals surface area contributed by atoms with Crippen LogP contribution >= 0.6 is 0 Å². The lowest BCUT2D eigenvalue weighted by atomic mass is 9.86. The molecule has 1 aliphatic carbocycles. The standard InChI is InChI=1S/C26H24O3/c1-17-7-8-19(22-6-4-3-5-18(22)2)13-20(17)14-25(27)26(11-12-26)21-9-10-23-24(15-21)29-16-28-23/h3-10,13,15H,11-12,14,16H2,1-2H3. The fourth-order valence-electron chi connectivity index (χ4n) is 4.32.